The minimum atomic E-state index is -0.450. The lowest BCUT2D eigenvalue weighted by molar-refractivity contribution is -0.123. The van der Waals surface area contributed by atoms with Gasteiger partial charge in [-0.1, -0.05) is 64.1 Å². The number of amides is 2. The maximum atomic E-state index is 13.9. The Morgan fingerprint density at radius 3 is 2.61 bits per heavy atom. The van der Waals surface area contributed by atoms with Crippen LogP contribution in [0.2, 0.25) is 0 Å². The Morgan fingerprint density at radius 1 is 1.12 bits per heavy atom. The van der Waals surface area contributed by atoms with Crippen LogP contribution in [0.1, 0.15) is 21.5 Å². The van der Waals surface area contributed by atoms with Crippen molar-refractivity contribution in [1.29, 1.82) is 0 Å². The third kappa shape index (κ3) is 5.50. The summed E-state index contributed by atoms with van der Waals surface area (Å²) in [6.45, 7) is 0.0310. The summed E-state index contributed by atoms with van der Waals surface area (Å²) in [5.74, 6) is -0.773. The highest BCUT2D eigenvalue weighted by molar-refractivity contribution is 9.10. The fourth-order valence-corrected chi connectivity index (χ4v) is 4.54. The summed E-state index contributed by atoms with van der Waals surface area (Å²) in [5.41, 5.74) is 3.98. The van der Waals surface area contributed by atoms with Crippen LogP contribution in [0.4, 0.5) is 4.39 Å². The maximum Gasteiger partial charge on any atom is 0.285 e. The zero-order valence-electron chi connectivity index (χ0n) is 17.0. The van der Waals surface area contributed by atoms with Gasteiger partial charge in [0.05, 0.1) is 4.91 Å². The van der Waals surface area contributed by atoms with Crippen LogP contribution in [0, 0.1) is 5.82 Å². The van der Waals surface area contributed by atoms with Crippen molar-refractivity contribution in [2.45, 2.75) is 6.61 Å². The molecule has 166 valence electrons. The van der Waals surface area contributed by atoms with Crippen molar-refractivity contribution in [2.75, 3.05) is 0 Å². The molecule has 9 heteroatoms. The molecule has 1 aliphatic heterocycles. The standard InChI is InChI=1S/C24H16BrFN2O3S2/c25-18-10-11-20(31-14-16-8-4-5-9-19(16)26)17(12-18)13-21-23(30)28(24(32)33-21)27-22(29)15-6-2-1-3-7-15/h1-13H,14H2,(H,27,29)/b21-13-. The maximum absolute atomic E-state index is 13.9. The number of ether oxygens (including phenoxy) is 1. The van der Waals surface area contributed by atoms with Crippen molar-refractivity contribution in [3.63, 3.8) is 0 Å². The van der Waals surface area contributed by atoms with Crippen molar-refractivity contribution in [3.8, 4) is 5.75 Å². The Balaban J connectivity index is 1.54. The normalized spacial score (nSPS) is 14.6. The minimum Gasteiger partial charge on any atom is -0.488 e. The monoisotopic (exact) mass is 542 g/mol. The Bertz CT molecular complexity index is 1270. The molecule has 0 atom stereocenters. The first-order valence-electron chi connectivity index (χ1n) is 9.72. The van der Waals surface area contributed by atoms with E-state index in [1.807, 2.05) is 0 Å². The van der Waals surface area contributed by atoms with Gasteiger partial charge in [-0.3, -0.25) is 15.0 Å². The number of carbonyl (C=O) groups excluding carboxylic acids is 2. The van der Waals surface area contributed by atoms with Crippen LogP contribution in [-0.4, -0.2) is 21.1 Å². The molecule has 33 heavy (non-hydrogen) atoms. The van der Waals surface area contributed by atoms with Gasteiger partial charge in [0.2, 0.25) is 0 Å². The molecule has 1 heterocycles. The van der Waals surface area contributed by atoms with Gasteiger partial charge in [-0.25, -0.2) is 4.39 Å². The molecule has 0 bridgehead atoms. The molecule has 1 fully saturated rings. The first kappa shape index (κ1) is 23.2. The van der Waals surface area contributed by atoms with E-state index in [0.717, 1.165) is 21.2 Å². The molecule has 4 rings (SSSR count). The van der Waals surface area contributed by atoms with Gasteiger partial charge in [-0.15, -0.1) is 0 Å². The lowest BCUT2D eigenvalue weighted by atomic mass is 10.1. The van der Waals surface area contributed by atoms with E-state index >= 15 is 0 Å². The van der Waals surface area contributed by atoms with E-state index in [-0.39, 0.29) is 16.7 Å². The molecule has 0 unspecified atom stereocenters. The van der Waals surface area contributed by atoms with Gasteiger partial charge in [-0.05, 0) is 54.7 Å². The average molecular weight is 543 g/mol. The van der Waals surface area contributed by atoms with E-state index in [9.17, 15) is 14.0 Å². The number of carbonyl (C=O) groups is 2. The van der Waals surface area contributed by atoms with Gasteiger partial charge in [0.25, 0.3) is 11.8 Å². The summed E-state index contributed by atoms with van der Waals surface area (Å²) in [4.78, 5) is 25.7. The van der Waals surface area contributed by atoms with E-state index < -0.39 is 11.8 Å². The summed E-state index contributed by atoms with van der Waals surface area (Å²) < 4.78 is 20.8. The van der Waals surface area contributed by atoms with E-state index in [1.165, 1.54) is 6.07 Å². The van der Waals surface area contributed by atoms with Gasteiger partial charge >= 0.3 is 0 Å². The topological polar surface area (TPSA) is 58.6 Å². The third-order valence-electron chi connectivity index (χ3n) is 4.64. The molecule has 0 saturated carbocycles. The second kappa shape index (κ2) is 10.3. The number of hydrazine groups is 1. The van der Waals surface area contributed by atoms with Gasteiger partial charge in [0, 0.05) is 21.2 Å². The first-order valence-corrected chi connectivity index (χ1v) is 11.7. The molecule has 0 spiro atoms. The number of thioether (sulfide) groups is 1. The summed E-state index contributed by atoms with van der Waals surface area (Å²) in [7, 11) is 0. The van der Waals surface area contributed by atoms with Gasteiger partial charge in [0.1, 0.15) is 18.2 Å². The quantitative estimate of drug-likeness (QED) is 0.319. The summed E-state index contributed by atoms with van der Waals surface area (Å²) in [6, 6.07) is 20.2. The van der Waals surface area contributed by atoms with Crippen LogP contribution >= 0.6 is 39.9 Å². The summed E-state index contributed by atoms with van der Waals surface area (Å²) in [5, 5.41) is 1.05. The smallest absolute Gasteiger partial charge is 0.285 e. The largest absolute Gasteiger partial charge is 0.488 e. The lowest BCUT2D eigenvalue weighted by Gasteiger charge is -2.15. The van der Waals surface area contributed by atoms with Crippen molar-refractivity contribution >= 4 is 62.1 Å². The molecule has 2 amide bonds. The molecular weight excluding hydrogens is 527 g/mol. The highest BCUT2D eigenvalue weighted by atomic mass is 79.9. The highest BCUT2D eigenvalue weighted by Crippen LogP contribution is 2.34. The van der Waals surface area contributed by atoms with Crippen molar-refractivity contribution in [2.24, 2.45) is 0 Å². The van der Waals surface area contributed by atoms with E-state index in [4.69, 9.17) is 17.0 Å². The molecule has 5 nitrogen and oxygen atoms in total. The SMILES string of the molecule is O=C(NN1C(=O)/C(=C/c2cc(Br)ccc2OCc2ccccc2F)SC1=S)c1ccccc1. The third-order valence-corrected chi connectivity index (χ3v) is 6.44. The lowest BCUT2D eigenvalue weighted by Crippen LogP contribution is -2.44. The average Bonchev–Trinajstić information content (AvgIpc) is 3.07. The molecule has 0 aliphatic carbocycles. The zero-order valence-corrected chi connectivity index (χ0v) is 20.2. The number of thiocarbonyl (C=S) groups is 1. The van der Waals surface area contributed by atoms with Gasteiger partial charge in [-0.2, -0.15) is 5.01 Å². The van der Waals surface area contributed by atoms with Crippen LogP contribution in [0.5, 0.6) is 5.75 Å². The molecule has 1 aliphatic rings. The molecule has 1 N–H and O–H groups in total. The Kier molecular flexibility index (Phi) is 7.22. The van der Waals surface area contributed by atoms with Gasteiger partial charge in [0.15, 0.2) is 4.32 Å². The molecular formula is C24H16BrFN2O3S2. The fourth-order valence-electron chi connectivity index (χ4n) is 3.00. The van der Waals surface area contributed by atoms with Crippen LogP contribution in [-0.2, 0) is 11.4 Å². The van der Waals surface area contributed by atoms with Gasteiger partial charge < -0.3 is 4.74 Å². The molecule has 1 saturated heterocycles. The van der Waals surface area contributed by atoms with Crippen LogP contribution < -0.4 is 10.2 Å². The number of nitrogens with zero attached hydrogens (tertiary/aromatic N) is 1. The minimum absolute atomic E-state index is 0.0310. The number of hydrogen-bond acceptors (Lipinski definition) is 5. The Hall–Kier alpha value is -3.01. The first-order chi connectivity index (χ1) is 15.9. The fraction of sp³-hybridized carbons (Fsp3) is 0.0417. The van der Waals surface area contributed by atoms with Crippen LogP contribution in [0.15, 0.2) is 82.2 Å². The second-order valence-corrected chi connectivity index (χ2v) is 9.48. The van der Waals surface area contributed by atoms with Crippen molar-refractivity contribution in [3.05, 3.63) is 105 Å². The Morgan fingerprint density at radius 2 is 1.85 bits per heavy atom. The number of benzene rings is 3. The van der Waals surface area contributed by atoms with Crippen molar-refractivity contribution < 1.29 is 18.7 Å². The number of nitrogens with one attached hydrogen (secondary N) is 1. The van der Waals surface area contributed by atoms with Crippen molar-refractivity contribution in [1.82, 2.24) is 10.4 Å². The van der Waals surface area contributed by atoms with Crippen LogP contribution in [0.3, 0.4) is 0 Å². The second-order valence-electron chi connectivity index (χ2n) is 6.89. The molecule has 0 aromatic heterocycles. The predicted molar refractivity (Wildman–Crippen MR) is 134 cm³/mol. The van der Waals surface area contributed by atoms with E-state index in [1.54, 1.807) is 72.8 Å². The zero-order chi connectivity index (χ0) is 23.4. The summed E-state index contributed by atoms with van der Waals surface area (Å²) >= 11 is 9.79. The predicted octanol–water partition coefficient (Wildman–Crippen LogP) is 5.71. The van der Waals surface area contributed by atoms with Crippen LogP contribution in [0.25, 0.3) is 6.08 Å². The van der Waals surface area contributed by atoms with E-state index in [0.29, 0.717) is 27.3 Å². The summed E-state index contributed by atoms with van der Waals surface area (Å²) in [6.07, 6.45) is 1.63. The molecule has 0 radical (unpaired) electrons. The number of rotatable bonds is 6. The number of halogens is 2. The molecule has 3 aromatic carbocycles. The van der Waals surface area contributed by atoms with E-state index in [2.05, 4.69) is 21.4 Å². The highest BCUT2D eigenvalue weighted by Gasteiger charge is 2.34. The Labute approximate surface area is 207 Å². The molecule has 3 aromatic rings. The number of hydrogen-bond donors (Lipinski definition) is 1.